The lowest BCUT2D eigenvalue weighted by Gasteiger charge is -1.93. The highest BCUT2D eigenvalue weighted by atomic mass is 32.2. The van der Waals surface area contributed by atoms with Gasteiger partial charge in [-0.25, -0.2) is 9.18 Å². The van der Waals surface area contributed by atoms with E-state index in [1.165, 1.54) is 12.1 Å². The van der Waals surface area contributed by atoms with Gasteiger partial charge in [-0.05, 0) is 12.1 Å². The van der Waals surface area contributed by atoms with Crippen LogP contribution in [0.2, 0.25) is 0 Å². The summed E-state index contributed by atoms with van der Waals surface area (Å²) in [6.07, 6.45) is 0. The molecule has 0 aromatic heterocycles. The number of hydrogen-bond donors (Lipinski definition) is 0. The van der Waals surface area contributed by atoms with E-state index in [0.29, 0.717) is 0 Å². The summed E-state index contributed by atoms with van der Waals surface area (Å²) in [5.41, 5.74) is -0.250. The molecular weight excluding hydrogens is 199 g/mol. The van der Waals surface area contributed by atoms with Crippen molar-refractivity contribution in [3.63, 3.8) is 0 Å². The third-order valence-corrected chi connectivity index (χ3v) is 2.91. The minimum atomic E-state index is -4.21. The molecule has 6 heteroatoms. The van der Waals surface area contributed by atoms with Crippen LogP contribution >= 0.6 is 0 Å². The normalized spacial score (nSPS) is 18.1. The first-order valence-corrected chi connectivity index (χ1v) is 4.70. The summed E-state index contributed by atoms with van der Waals surface area (Å²) in [4.78, 5) is 10.2. The fourth-order valence-corrected chi connectivity index (χ4v) is 2.21. The largest absolute Gasteiger partial charge is 0.355 e. The second-order valence-electron chi connectivity index (χ2n) is 2.44. The van der Waals surface area contributed by atoms with Crippen LogP contribution in [0, 0.1) is 5.82 Å². The molecular formula is C7H3FO4S. The molecule has 0 radical (unpaired) electrons. The highest BCUT2D eigenvalue weighted by Gasteiger charge is 2.37. The number of hydrogen-bond acceptors (Lipinski definition) is 4. The maximum absolute atomic E-state index is 12.9. The van der Waals surface area contributed by atoms with Gasteiger partial charge in [-0.3, -0.25) is 0 Å². The maximum atomic E-state index is 12.9. The van der Waals surface area contributed by atoms with Gasteiger partial charge in [0.05, 0.1) is 5.56 Å². The molecule has 1 heterocycles. The van der Waals surface area contributed by atoms with Gasteiger partial charge in [-0.1, -0.05) is 6.07 Å². The van der Waals surface area contributed by atoms with Crippen molar-refractivity contribution in [1.29, 1.82) is 0 Å². The van der Waals surface area contributed by atoms with Crippen molar-refractivity contribution in [2.24, 2.45) is 0 Å². The van der Waals surface area contributed by atoms with Crippen molar-refractivity contribution in [3.8, 4) is 0 Å². The number of rotatable bonds is 0. The maximum Gasteiger partial charge on any atom is 0.355 e. The zero-order valence-electron chi connectivity index (χ0n) is 6.15. The van der Waals surface area contributed by atoms with E-state index < -0.39 is 26.8 Å². The van der Waals surface area contributed by atoms with Crippen LogP contribution < -0.4 is 0 Å². The first-order chi connectivity index (χ1) is 6.02. The van der Waals surface area contributed by atoms with E-state index in [1.807, 2.05) is 0 Å². The standard InChI is InChI=1S/C7H3FO4S/c8-5-3-1-2-4-6(5)13(10,11)12-7(4)9/h1-3H. The molecule has 1 aromatic rings. The second kappa shape index (κ2) is 2.29. The SMILES string of the molecule is O=C1OS(=O)(=O)c2c(F)cccc21. The van der Waals surface area contributed by atoms with E-state index in [9.17, 15) is 17.6 Å². The van der Waals surface area contributed by atoms with Crippen LogP contribution in [0.25, 0.3) is 0 Å². The lowest BCUT2D eigenvalue weighted by molar-refractivity contribution is 0.0762. The minimum absolute atomic E-state index is 0.250. The molecule has 0 spiro atoms. The van der Waals surface area contributed by atoms with Crippen molar-refractivity contribution < 1.29 is 21.8 Å². The molecule has 68 valence electrons. The predicted octanol–water partition coefficient (Wildman–Crippen LogP) is 0.685. The third-order valence-electron chi connectivity index (χ3n) is 1.62. The van der Waals surface area contributed by atoms with Crippen molar-refractivity contribution >= 4 is 16.1 Å². The quantitative estimate of drug-likeness (QED) is 0.580. The zero-order chi connectivity index (χ0) is 9.64. The Morgan fingerprint density at radius 1 is 1.31 bits per heavy atom. The van der Waals surface area contributed by atoms with Gasteiger partial charge in [0.25, 0.3) is 0 Å². The lowest BCUT2D eigenvalue weighted by Crippen LogP contribution is -2.00. The van der Waals surface area contributed by atoms with Gasteiger partial charge < -0.3 is 4.18 Å². The Hall–Kier alpha value is -1.43. The van der Waals surface area contributed by atoms with Gasteiger partial charge in [0.2, 0.25) is 0 Å². The molecule has 0 saturated heterocycles. The summed E-state index contributed by atoms with van der Waals surface area (Å²) in [7, 11) is -4.21. The van der Waals surface area contributed by atoms with E-state index in [1.54, 1.807) is 0 Å². The predicted molar refractivity (Wildman–Crippen MR) is 39.0 cm³/mol. The Kier molecular flexibility index (Phi) is 1.44. The van der Waals surface area contributed by atoms with Gasteiger partial charge in [0.1, 0.15) is 5.82 Å². The van der Waals surface area contributed by atoms with Crippen LogP contribution in [0.15, 0.2) is 23.1 Å². The monoisotopic (exact) mass is 202 g/mol. The average Bonchev–Trinajstić information content (AvgIpc) is 2.24. The fraction of sp³-hybridized carbons (Fsp3) is 0. The molecule has 2 rings (SSSR count). The van der Waals surface area contributed by atoms with Gasteiger partial charge in [-0.15, -0.1) is 0 Å². The molecule has 0 atom stereocenters. The van der Waals surface area contributed by atoms with E-state index in [2.05, 4.69) is 4.18 Å². The van der Waals surface area contributed by atoms with Gasteiger partial charge >= 0.3 is 16.1 Å². The molecule has 1 aliphatic heterocycles. The van der Waals surface area contributed by atoms with Crippen molar-refractivity contribution in [1.82, 2.24) is 0 Å². The third kappa shape index (κ3) is 1.02. The summed E-state index contributed by atoms with van der Waals surface area (Å²) in [5.74, 6) is -2.00. The Morgan fingerprint density at radius 3 is 2.62 bits per heavy atom. The van der Waals surface area contributed by atoms with Gasteiger partial charge in [-0.2, -0.15) is 8.42 Å². The molecule has 0 N–H and O–H groups in total. The number of carbonyl (C=O) groups excluding carboxylic acids is 1. The summed E-state index contributed by atoms with van der Waals surface area (Å²) < 4.78 is 38.9. The van der Waals surface area contributed by atoms with Crippen LogP contribution in [-0.4, -0.2) is 14.4 Å². The molecule has 0 unspecified atom stereocenters. The Bertz CT molecular complexity index is 491. The highest BCUT2D eigenvalue weighted by molar-refractivity contribution is 7.87. The summed E-state index contributed by atoms with van der Waals surface area (Å²) in [6, 6.07) is 3.40. The van der Waals surface area contributed by atoms with Crippen molar-refractivity contribution in [2.45, 2.75) is 4.90 Å². The first kappa shape index (κ1) is 8.18. The van der Waals surface area contributed by atoms with Crippen molar-refractivity contribution in [2.75, 3.05) is 0 Å². The topological polar surface area (TPSA) is 60.4 Å². The van der Waals surface area contributed by atoms with Crippen LogP contribution in [0.4, 0.5) is 4.39 Å². The fourth-order valence-electron chi connectivity index (χ4n) is 1.11. The summed E-state index contributed by atoms with van der Waals surface area (Å²) >= 11 is 0. The van der Waals surface area contributed by atoms with Crippen LogP contribution in [0.3, 0.4) is 0 Å². The number of benzene rings is 1. The Labute approximate surface area is 73.1 Å². The van der Waals surface area contributed by atoms with Gasteiger partial charge in [0, 0.05) is 0 Å². The molecule has 0 bridgehead atoms. The molecule has 0 fully saturated rings. The van der Waals surface area contributed by atoms with Crippen LogP contribution in [-0.2, 0) is 14.3 Å². The lowest BCUT2D eigenvalue weighted by atomic mass is 10.2. The van der Waals surface area contributed by atoms with E-state index >= 15 is 0 Å². The highest BCUT2D eigenvalue weighted by Crippen LogP contribution is 2.28. The summed E-state index contributed by atoms with van der Waals surface area (Å²) in [5, 5.41) is 0. The van der Waals surface area contributed by atoms with E-state index in [4.69, 9.17) is 0 Å². The Balaban J connectivity index is 2.89. The first-order valence-electron chi connectivity index (χ1n) is 3.30. The molecule has 4 nitrogen and oxygen atoms in total. The number of halogens is 1. The van der Waals surface area contributed by atoms with E-state index in [0.717, 1.165) is 6.07 Å². The minimum Gasteiger partial charge on any atom is -0.338 e. The van der Waals surface area contributed by atoms with E-state index in [-0.39, 0.29) is 5.56 Å². The van der Waals surface area contributed by atoms with Crippen molar-refractivity contribution in [3.05, 3.63) is 29.6 Å². The molecule has 0 aliphatic carbocycles. The van der Waals surface area contributed by atoms with Gasteiger partial charge in [0.15, 0.2) is 4.90 Å². The molecule has 1 aliphatic rings. The van der Waals surface area contributed by atoms with Crippen LogP contribution in [0.5, 0.6) is 0 Å². The number of fused-ring (bicyclic) bond motifs is 1. The average molecular weight is 202 g/mol. The molecule has 0 amide bonds. The smallest absolute Gasteiger partial charge is 0.338 e. The second-order valence-corrected chi connectivity index (χ2v) is 3.92. The van der Waals surface area contributed by atoms with Crippen LogP contribution in [0.1, 0.15) is 10.4 Å². The number of carbonyl (C=O) groups is 1. The molecule has 13 heavy (non-hydrogen) atoms. The summed E-state index contributed by atoms with van der Waals surface area (Å²) in [6.45, 7) is 0. The molecule has 1 aromatic carbocycles. The Morgan fingerprint density at radius 2 is 2.00 bits per heavy atom. The zero-order valence-corrected chi connectivity index (χ0v) is 6.97. The molecule has 0 saturated carbocycles.